The molecule has 0 radical (unpaired) electrons. The van der Waals surface area contributed by atoms with E-state index in [0.717, 1.165) is 0 Å². The summed E-state index contributed by atoms with van der Waals surface area (Å²) in [6.45, 7) is 3.67. The van der Waals surface area contributed by atoms with Crippen molar-refractivity contribution in [3.05, 3.63) is 12.2 Å². The monoisotopic (exact) mass is 168 g/mol. The van der Waals surface area contributed by atoms with Gasteiger partial charge in [0.2, 0.25) is 0 Å². The zero-order chi connectivity index (χ0) is 9.19. The second-order valence-corrected chi connectivity index (χ2v) is 3.02. The molecule has 0 N–H and O–H groups in total. The van der Waals surface area contributed by atoms with Gasteiger partial charge in [0.15, 0.2) is 5.78 Å². The van der Waals surface area contributed by atoms with Gasteiger partial charge in [0.05, 0.1) is 6.61 Å². The van der Waals surface area contributed by atoms with Gasteiger partial charge >= 0.3 is 5.97 Å². The van der Waals surface area contributed by atoms with Gasteiger partial charge in [0.1, 0.15) is 5.41 Å². The summed E-state index contributed by atoms with van der Waals surface area (Å²) < 4.78 is 4.80. The van der Waals surface area contributed by atoms with Crippen molar-refractivity contribution in [1.82, 2.24) is 0 Å². The molecule has 1 aliphatic rings. The first-order valence-corrected chi connectivity index (χ1v) is 3.99. The third-order valence-electron chi connectivity index (χ3n) is 2.07. The van der Waals surface area contributed by atoms with E-state index in [2.05, 4.69) is 0 Å². The smallest absolute Gasteiger partial charge is 0.320 e. The van der Waals surface area contributed by atoms with E-state index in [1.807, 2.05) is 0 Å². The summed E-state index contributed by atoms with van der Waals surface area (Å²) in [4.78, 5) is 22.5. The van der Waals surface area contributed by atoms with Crippen molar-refractivity contribution >= 4 is 11.8 Å². The minimum Gasteiger partial charge on any atom is -0.465 e. The highest BCUT2D eigenvalue weighted by Gasteiger charge is 2.42. The molecule has 0 aliphatic heterocycles. The molecule has 66 valence electrons. The van der Waals surface area contributed by atoms with E-state index in [0.29, 0.717) is 13.0 Å². The summed E-state index contributed by atoms with van der Waals surface area (Å²) in [5.74, 6) is -0.569. The fourth-order valence-corrected chi connectivity index (χ4v) is 1.16. The average Bonchev–Trinajstić information content (AvgIpc) is 2.34. The lowest BCUT2D eigenvalue weighted by molar-refractivity contribution is -0.156. The maximum absolute atomic E-state index is 11.3. The Kier molecular flexibility index (Phi) is 2.31. The van der Waals surface area contributed by atoms with E-state index in [4.69, 9.17) is 4.74 Å². The van der Waals surface area contributed by atoms with Crippen molar-refractivity contribution in [2.45, 2.75) is 20.3 Å². The number of ether oxygens (including phenoxy) is 1. The van der Waals surface area contributed by atoms with Crippen molar-refractivity contribution in [2.75, 3.05) is 6.61 Å². The molecule has 0 aromatic heterocycles. The Morgan fingerprint density at radius 2 is 2.42 bits per heavy atom. The Morgan fingerprint density at radius 1 is 1.75 bits per heavy atom. The van der Waals surface area contributed by atoms with E-state index < -0.39 is 11.4 Å². The summed E-state index contributed by atoms with van der Waals surface area (Å²) in [5.41, 5.74) is -0.948. The van der Waals surface area contributed by atoms with Crippen molar-refractivity contribution in [3.63, 3.8) is 0 Å². The Bertz CT molecular complexity index is 242. The van der Waals surface area contributed by atoms with Gasteiger partial charge in [-0.25, -0.2) is 0 Å². The Labute approximate surface area is 71.4 Å². The van der Waals surface area contributed by atoms with E-state index in [9.17, 15) is 9.59 Å². The zero-order valence-corrected chi connectivity index (χ0v) is 7.29. The molecular weight excluding hydrogens is 156 g/mol. The third kappa shape index (κ3) is 1.26. The lowest BCUT2D eigenvalue weighted by Gasteiger charge is -2.18. The molecule has 12 heavy (non-hydrogen) atoms. The standard InChI is InChI=1S/C9H12O3/c1-3-12-8(11)9(2)6-4-5-7(9)10/h4-5H,3,6H2,1-2H3. The van der Waals surface area contributed by atoms with Crippen LogP contribution in [0.2, 0.25) is 0 Å². The van der Waals surface area contributed by atoms with E-state index in [1.165, 1.54) is 6.08 Å². The number of hydrogen-bond donors (Lipinski definition) is 0. The summed E-state index contributed by atoms with van der Waals surface area (Å²) in [5, 5.41) is 0. The number of hydrogen-bond acceptors (Lipinski definition) is 3. The van der Waals surface area contributed by atoms with Gasteiger partial charge in [0.25, 0.3) is 0 Å². The predicted molar refractivity (Wildman–Crippen MR) is 43.5 cm³/mol. The maximum atomic E-state index is 11.3. The van der Waals surface area contributed by atoms with Crippen LogP contribution in [-0.4, -0.2) is 18.4 Å². The molecule has 0 amide bonds. The van der Waals surface area contributed by atoms with Crippen molar-refractivity contribution < 1.29 is 14.3 Å². The second-order valence-electron chi connectivity index (χ2n) is 3.02. The molecule has 3 heteroatoms. The number of carbonyl (C=O) groups excluding carboxylic acids is 2. The van der Waals surface area contributed by atoms with Crippen LogP contribution < -0.4 is 0 Å². The lowest BCUT2D eigenvalue weighted by Crippen LogP contribution is -2.34. The largest absolute Gasteiger partial charge is 0.465 e. The highest BCUT2D eigenvalue weighted by Crippen LogP contribution is 2.30. The molecule has 0 aromatic carbocycles. The molecule has 0 bridgehead atoms. The summed E-state index contributed by atoms with van der Waals surface area (Å²) in [7, 11) is 0. The summed E-state index contributed by atoms with van der Waals surface area (Å²) >= 11 is 0. The van der Waals surface area contributed by atoms with Crippen LogP contribution in [0.1, 0.15) is 20.3 Å². The van der Waals surface area contributed by atoms with Crippen molar-refractivity contribution in [1.29, 1.82) is 0 Å². The van der Waals surface area contributed by atoms with E-state index in [-0.39, 0.29) is 5.78 Å². The SMILES string of the molecule is CCOC(=O)C1(C)CC=CC1=O. The quantitative estimate of drug-likeness (QED) is 0.458. The second kappa shape index (κ2) is 3.09. The molecule has 0 aromatic rings. The van der Waals surface area contributed by atoms with Crippen LogP contribution >= 0.6 is 0 Å². The third-order valence-corrected chi connectivity index (χ3v) is 2.07. The summed E-state index contributed by atoms with van der Waals surface area (Å²) in [6.07, 6.45) is 3.61. The topological polar surface area (TPSA) is 43.4 Å². The van der Waals surface area contributed by atoms with Gasteiger partial charge in [-0.2, -0.15) is 0 Å². The number of allylic oxidation sites excluding steroid dienone is 2. The maximum Gasteiger partial charge on any atom is 0.320 e. The summed E-state index contributed by atoms with van der Waals surface area (Å²) in [6, 6.07) is 0. The molecule has 0 fully saturated rings. The van der Waals surface area contributed by atoms with Gasteiger partial charge in [-0.15, -0.1) is 0 Å². The normalized spacial score (nSPS) is 27.7. The lowest BCUT2D eigenvalue weighted by atomic mass is 9.87. The first-order chi connectivity index (χ1) is 5.61. The molecule has 0 heterocycles. The van der Waals surface area contributed by atoms with Crippen LogP contribution in [0.15, 0.2) is 12.2 Å². The van der Waals surface area contributed by atoms with Crippen LogP contribution in [0.25, 0.3) is 0 Å². The van der Waals surface area contributed by atoms with Crippen LogP contribution in [0, 0.1) is 5.41 Å². The van der Waals surface area contributed by atoms with Gasteiger partial charge in [-0.1, -0.05) is 6.08 Å². The van der Waals surface area contributed by atoms with Gasteiger partial charge in [-0.3, -0.25) is 9.59 Å². The molecule has 0 saturated heterocycles. The van der Waals surface area contributed by atoms with Crippen molar-refractivity contribution in [2.24, 2.45) is 5.41 Å². The average molecular weight is 168 g/mol. The first-order valence-electron chi connectivity index (χ1n) is 3.99. The van der Waals surface area contributed by atoms with E-state index in [1.54, 1.807) is 19.9 Å². The zero-order valence-electron chi connectivity index (χ0n) is 7.29. The molecule has 0 saturated carbocycles. The Balaban J connectivity index is 2.73. The van der Waals surface area contributed by atoms with Crippen LogP contribution in [-0.2, 0) is 14.3 Å². The van der Waals surface area contributed by atoms with Crippen LogP contribution in [0.5, 0.6) is 0 Å². The fraction of sp³-hybridized carbons (Fsp3) is 0.556. The predicted octanol–water partition coefficient (Wildman–Crippen LogP) is 1.08. The fourth-order valence-electron chi connectivity index (χ4n) is 1.16. The Morgan fingerprint density at radius 3 is 2.83 bits per heavy atom. The number of ketones is 1. The number of rotatable bonds is 2. The minimum atomic E-state index is -0.948. The molecule has 0 spiro atoms. The van der Waals surface area contributed by atoms with Gasteiger partial charge < -0.3 is 4.74 Å². The molecular formula is C9H12O3. The molecule has 1 unspecified atom stereocenters. The molecule has 1 atom stereocenters. The molecule has 3 nitrogen and oxygen atoms in total. The minimum absolute atomic E-state index is 0.152. The van der Waals surface area contributed by atoms with Crippen LogP contribution in [0.4, 0.5) is 0 Å². The van der Waals surface area contributed by atoms with Gasteiger partial charge in [0, 0.05) is 0 Å². The van der Waals surface area contributed by atoms with E-state index >= 15 is 0 Å². The highest BCUT2D eigenvalue weighted by atomic mass is 16.5. The molecule has 1 rings (SSSR count). The van der Waals surface area contributed by atoms with Crippen LogP contribution in [0.3, 0.4) is 0 Å². The Hall–Kier alpha value is -1.12. The molecule has 1 aliphatic carbocycles. The first kappa shape index (κ1) is 8.97. The highest BCUT2D eigenvalue weighted by molar-refractivity contribution is 6.10. The number of carbonyl (C=O) groups is 2. The van der Waals surface area contributed by atoms with Gasteiger partial charge in [-0.05, 0) is 26.3 Å². The number of esters is 1. The van der Waals surface area contributed by atoms with Crippen molar-refractivity contribution in [3.8, 4) is 0 Å².